The number of carbonyl (C=O) groups is 2. The van der Waals surface area contributed by atoms with E-state index in [4.69, 9.17) is 0 Å². The van der Waals surface area contributed by atoms with Crippen LogP contribution in [0.4, 0.5) is 16.4 Å². The van der Waals surface area contributed by atoms with Crippen LogP contribution in [-0.4, -0.2) is 61.6 Å². The number of benzene rings is 1. The number of aromatic nitrogens is 5. The first kappa shape index (κ1) is 24.1. The molecule has 1 aromatic carbocycles. The monoisotopic (exact) mass is 503 g/mol. The van der Waals surface area contributed by atoms with Crippen molar-refractivity contribution in [1.82, 2.24) is 34.6 Å². The van der Waals surface area contributed by atoms with Gasteiger partial charge < -0.3 is 15.5 Å². The molecule has 192 valence electrons. The van der Waals surface area contributed by atoms with Crippen LogP contribution < -0.4 is 26.4 Å². The molecular formula is C25H29N9O3. The minimum absolute atomic E-state index is 0.132. The Bertz CT molecular complexity index is 1520. The van der Waals surface area contributed by atoms with Crippen molar-refractivity contribution in [3.8, 4) is 5.69 Å². The number of rotatable bonds is 6. The van der Waals surface area contributed by atoms with Gasteiger partial charge in [0.15, 0.2) is 11.5 Å². The molecule has 1 fully saturated rings. The Balaban J connectivity index is 1.28. The highest BCUT2D eigenvalue weighted by molar-refractivity contribution is 5.95. The maximum atomic E-state index is 13.2. The van der Waals surface area contributed by atoms with Gasteiger partial charge in [0.2, 0.25) is 0 Å². The van der Waals surface area contributed by atoms with Crippen molar-refractivity contribution in [2.45, 2.75) is 26.3 Å². The number of nitrogens with zero attached hydrogens (tertiary/aromatic N) is 6. The molecule has 12 nitrogen and oxygen atoms in total. The first-order chi connectivity index (χ1) is 17.9. The number of carbonyl (C=O) groups excluding carboxylic acids is 2. The number of hydrogen-bond donors (Lipinski definition) is 3. The highest BCUT2D eigenvalue weighted by atomic mass is 16.2. The molecule has 3 amide bonds. The third kappa shape index (κ3) is 4.65. The highest BCUT2D eigenvalue weighted by Gasteiger charge is 2.29. The summed E-state index contributed by atoms with van der Waals surface area (Å²) >= 11 is 0. The Hall–Kier alpha value is -4.61. The quantitative estimate of drug-likeness (QED) is 0.367. The predicted octanol–water partition coefficient (Wildman–Crippen LogP) is 1.68. The summed E-state index contributed by atoms with van der Waals surface area (Å²) in [7, 11) is 1.77. The van der Waals surface area contributed by atoms with Crippen LogP contribution in [0.25, 0.3) is 11.3 Å². The molecular weight excluding hydrogens is 474 g/mol. The van der Waals surface area contributed by atoms with E-state index in [2.05, 4.69) is 30.9 Å². The second-order valence-electron chi connectivity index (χ2n) is 8.95. The van der Waals surface area contributed by atoms with E-state index in [0.717, 1.165) is 12.2 Å². The van der Waals surface area contributed by atoms with Crippen molar-refractivity contribution in [2.75, 3.05) is 29.9 Å². The summed E-state index contributed by atoms with van der Waals surface area (Å²) in [5.41, 5.74) is 1.71. The smallest absolute Gasteiger partial charge is 0.320 e. The lowest BCUT2D eigenvalue weighted by Gasteiger charge is -2.17. The van der Waals surface area contributed by atoms with Crippen LogP contribution in [0.5, 0.6) is 0 Å². The third-order valence-electron chi connectivity index (χ3n) is 6.51. The molecule has 1 aliphatic rings. The second kappa shape index (κ2) is 9.80. The highest BCUT2D eigenvalue weighted by Crippen LogP contribution is 2.20. The number of urea groups is 1. The fraction of sp³-hybridized carbons (Fsp3) is 0.320. The van der Waals surface area contributed by atoms with E-state index in [1.54, 1.807) is 29.4 Å². The lowest BCUT2D eigenvalue weighted by molar-refractivity contribution is 0.0938. The van der Waals surface area contributed by atoms with E-state index in [9.17, 15) is 14.4 Å². The Labute approximate surface area is 212 Å². The Morgan fingerprint density at radius 1 is 1.14 bits per heavy atom. The van der Waals surface area contributed by atoms with Crippen LogP contribution in [0, 0.1) is 6.92 Å². The van der Waals surface area contributed by atoms with Gasteiger partial charge in [-0.15, -0.1) is 5.10 Å². The topological polar surface area (TPSA) is 131 Å². The largest absolute Gasteiger partial charge is 0.353 e. The molecule has 3 N–H and O–H groups in total. The van der Waals surface area contributed by atoms with Crippen LogP contribution in [0.15, 0.2) is 53.5 Å². The first-order valence-corrected chi connectivity index (χ1v) is 12.2. The first-order valence-electron chi connectivity index (χ1n) is 12.2. The SMILES string of the molecule is CCNC(=O)Nc1cn2nc(N3CC[C@@H](NC(=O)c4c(C)n(C)n(-c5ccccc5)c4=O)C3)ccc2n1. The molecule has 0 spiro atoms. The Morgan fingerprint density at radius 2 is 1.92 bits per heavy atom. The average molecular weight is 504 g/mol. The van der Waals surface area contributed by atoms with Gasteiger partial charge in [-0.25, -0.2) is 19.0 Å². The van der Waals surface area contributed by atoms with Gasteiger partial charge in [0.1, 0.15) is 11.4 Å². The number of anilines is 2. The van der Waals surface area contributed by atoms with E-state index in [1.807, 2.05) is 49.4 Å². The summed E-state index contributed by atoms with van der Waals surface area (Å²) in [5.74, 6) is 0.758. The molecule has 1 saturated heterocycles. The van der Waals surface area contributed by atoms with Crippen LogP contribution in [-0.2, 0) is 7.05 Å². The average Bonchev–Trinajstić information content (AvgIpc) is 3.55. The van der Waals surface area contributed by atoms with E-state index in [1.165, 1.54) is 4.68 Å². The predicted molar refractivity (Wildman–Crippen MR) is 140 cm³/mol. The lowest BCUT2D eigenvalue weighted by atomic mass is 10.2. The van der Waals surface area contributed by atoms with Gasteiger partial charge in [-0.05, 0) is 44.5 Å². The zero-order chi connectivity index (χ0) is 26.1. The van der Waals surface area contributed by atoms with Crippen LogP contribution in [0.2, 0.25) is 0 Å². The van der Waals surface area contributed by atoms with Gasteiger partial charge in [-0.3, -0.25) is 19.6 Å². The minimum atomic E-state index is -0.376. The third-order valence-corrected chi connectivity index (χ3v) is 6.51. The number of amides is 3. The van der Waals surface area contributed by atoms with Gasteiger partial charge in [0.25, 0.3) is 11.5 Å². The van der Waals surface area contributed by atoms with Crippen LogP contribution >= 0.6 is 0 Å². The van der Waals surface area contributed by atoms with Gasteiger partial charge in [-0.1, -0.05) is 18.2 Å². The van der Waals surface area contributed by atoms with Crippen molar-refractivity contribution >= 4 is 29.2 Å². The fourth-order valence-electron chi connectivity index (χ4n) is 4.60. The molecule has 0 radical (unpaired) electrons. The molecule has 5 rings (SSSR count). The summed E-state index contributed by atoms with van der Waals surface area (Å²) in [5, 5.41) is 13.0. The molecule has 4 heterocycles. The van der Waals surface area contributed by atoms with Crippen molar-refractivity contribution in [3.63, 3.8) is 0 Å². The summed E-state index contributed by atoms with van der Waals surface area (Å²) < 4.78 is 4.82. The van der Waals surface area contributed by atoms with Crippen molar-refractivity contribution in [2.24, 2.45) is 7.05 Å². The molecule has 3 aromatic heterocycles. The molecule has 37 heavy (non-hydrogen) atoms. The summed E-state index contributed by atoms with van der Waals surface area (Å²) in [4.78, 5) is 44.5. The molecule has 4 aromatic rings. The van der Waals surface area contributed by atoms with Gasteiger partial charge in [0, 0.05) is 32.7 Å². The number of para-hydroxylation sites is 1. The van der Waals surface area contributed by atoms with Gasteiger partial charge >= 0.3 is 6.03 Å². The zero-order valence-corrected chi connectivity index (χ0v) is 20.9. The molecule has 1 aliphatic heterocycles. The van der Waals surface area contributed by atoms with E-state index < -0.39 is 0 Å². The Kier molecular flexibility index (Phi) is 6.38. The molecule has 0 unspecified atom stereocenters. The van der Waals surface area contributed by atoms with E-state index >= 15 is 0 Å². The summed E-state index contributed by atoms with van der Waals surface area (Å²) in [6.45, 7) is 5.38. The number of fused-ring (bicyclic) bond motifs is 1. The van der Waals surface area contributed by atoms with Gasteiger partial charge in [0.05, 0.1) is 17.6 Å². The fourth-order valence-corrected chi connectivity index (χ4v) is 4.60. The standard InChI is InChI=1S/C25H29N9O3/c1-4-26-25(37)29-19-15-33-20(28-19)10-11-21(30-33)32-13-12-17(14-32)27-23(35)22-16(2)31(3)34(24(22)36)18-8-6-5-7-9-18/h5-11,15,17H,4,12-14H2,1-3H3,(H,27,35)(H2,26,29,37)/t17-/m1/s1. The molecule has 12 heteroatoms. The molecule has 0 bridgehead atoms. The minimum Gasteiger partial charge on any atom is -0.353 e. The maximum absolute atomic E-state index is 13.2. The van der Waals surface area contributed by atoms with Gasteiger partial charge in [-0.2, -0.15) is 0 Å². The van der Waals surface area contributed by atoms with Crippen LogP contribution in [0.1, 0.15) is 29.4 Å². The van der Waals surface area contributed by atoms with Crippen LogP contribution in [0.3, 0.4) is 0 Å². The normalized spacial score (nSPS) is 15.2. The molecule has 1 atom stereocenters. The summed E-state index contributed by atoms with van der Waals surface area (Å²) in [6, 6.07) is 12.5. The van der Waals surface area contributed by atoms with E-state index in [0.29, 0.717) is 42.5 Å². The lowest BCUT2D eigenvalue weighted by Crippen LogP contribution is -2.39. The second-order valence-corrected chi connectivity index (χ2v) is 8.95. The molecule has 0 aliphatic carbocycles. The summed E-state index contributed by atoms with van der Waals surface area (Å²) in [6.07, 6.45) is 2.37. The maximum Gasteiger partial charge on any atom is 0.320 e. The number of hydrogen-bond acceptors (Lipinski definition) is 6. The number of nitrogens with one attached hydrogen (secondary N) is 3. The Morgan fingerprint density at radius 3 is 2.68 bits per heavy atom. The van der Waals surface area contributed by atoms with Crippen molar-refractivity contribution < 1.29 is 9.59 Å². The van der Waals surface area contributed by atoms with Crippen molar-refractivity contribution in [3.05, 3.63) is 70.3 Å². The molecule has 0 saturated carbocycles. The number of imidazole rings is 1. The van der Waals surface area contributed by atoms with Crippen molar-refractivity contribution in [1.29, 1.82) is 0 Å². The zero-order valence-electron chi connectivity index (χ0n) is 20.9. The van der Waals surface area contributed by atoms with E-state index in [-0.39, 0.29) is 29.1 Å².